The first kappa shape index (κ1) is 12.3. The molecule has 3 aliphatic rings. The summed E-state index contributed by atoms with van der Waals surface area (Å²) in [5, 5.41) is 3.85. The SMILES string of the molecule is CN(CCNC(C1CC1)C1CC1)C1CCSC1. The Hall–Kier alpha value is 0.270. The van der Waals surface area contributed by atoms with E-state index in [1.807, 2.05) is 0 Å². The highest BCUT2D eigenvalue weighted by atomic mass is 32.2. The van der Waals surface area contributed by atoms with Gasteiger partial charge in [0.1, 0.15) is 0 Å². The number of nitrogens with zero attached hydrogens (tertiary/aromatic N) is 1. The smallest absolute Gasteiger partial charge is 0.0191 e. The molecule has 3 rings (SSSR count). The quantitative estimate of drug-likeness (QED) is 0.750. The van der Waals surface area contributed by atoms with Crippen molar-refractivity contribution in [1.29, 1.82) is 0 Å². The summed E-state index contributed by atoms with van der Waals surface area (Å²) in [6.45, 7) is 2.44. The molecule has 3 heteroatoms. The molecule has 2 saturated carbocycles. The highest BCUT2D eigenvalue weighted by molar-refractivity contribution is 7.99. The van der Waals surface area contributed by atoms with Gasteiger partial charge >= 0.3 is 0 Å². The van der Waals surface area contributed by atoms with Gasteiger partial charge in [-0.3, -0.25) is 0 Å². The third kappa shape index (κ3) is 3.39. The molecule has 0 amide bonds. The van der Waals surface area contributed by atoms with Crippen LogP contribution >= 0.6 is 11.8 Å². The highest BCUT2D eigenvalue weighted by Crippen LogP contribution is 2.44. The van der Waals surface area contributed by atoms with Gasteiger partial charge in [0, 0.05) is 30.9 Å². The second-order valence-corrected chi connectivity index (χ2v) is 7.30. The van der Waals surface area contributed by atoms with Gasteiger partial charge in [0.15, 0.2) is 0 Å². The first-order valence-corrected chi connectivity index (χ1v) is 8.51. The van der Waals surface area contributed by atoms with Crippen molar-refractivity contribution in [3.8, 4) is 0 Å². The lowest BCUT2D eigenvalue weighted by Gasteiger charge is -2.25. The molecule has 1 N–H and O–H groups in total. The van der Waals surface area contributed by atoms with Crippen LogP contribution in [-0.2, 0) is 0 Å². The van der Waals surface area contributed by atoms with Gasteiger partial charge in [0.25, 0.3) is 0 Å². The summed E-state index contributed by atoms with van der Waals surface area (Å²) in [7, 11) is 2.31. The molecule has 3 fully saturated rings. The van der Waals surface area contributed by atoms with E-state index < -0.39 is 0 Å². The van der Waals surface area contributed by atoms with Crippen LogP contribution in [0.2, 0.25) is 0 Å². The number of hydrogen-bond acceptors (Lipinski definition) is 3. The summed E-state index contributed by atoms with van der Waals surface area (Å²) in [5.41, 5.74) is 0. The Kier molecular flexibility index (Phi) is 3.98. The summed E-state index contributed by atoms with van der Waals surface area (Å²) in [4.78, 5) is 2.57. The fourth-order valence-electron chi connectivity index (χ4n) is 3.09. The molecule has 98 valence electrons. The lowest BCUT2D eigenvalue weighted by Crippen LogP contribution is -2.41. The molecule has 0 spiro atoms. The maximum absolute atomic E-state index is 3.85. The topological polar surface area (TPSA) is 15.3 Å². The van der Waals surface area contributed by atoms with Crippen molar-refractivity contribution in [2.45, 2.75) is 44.2 Å². The van der Waals surface area contributed by atoms with Crippen LogP contribution in [0.1, 0.15) is 32.1 Å². The summed E-state index contributed by atoms with van der Waals surface area (Å²) < 4.78 is 0. The van der Waals surface area contributed by atoms with Crippen molar-refractivity contribution in [3.05, 3.63) is 0 Å². The standard InChI is InChI=1S/C14H26N2S/c1-16(13-6-9-17-10-13)8-7-15-14(11-2-3-11)12-4-5-12/h11-15H,2-10H2,1H3. The number of likely N-dealkylation sites (N-methyl/N-ethyl adjacent to an activating group) is 1. The van der Waals surface area contributed by atoms with Crippen molar-refractivity contribution in [3.63, 3.8) is 0 Å². The second kappa shape index (κ2) is 5.50. The minimum absolute atomic E-state index is 0.849. The Morgan fingerprint density at radius 3 is 2.41 bits per heavy atom. The predicted octanol–water partition coefficient (Wildman–Crippen LogP) is 2.20. The molecule has 1 atom stereocenters. The zero-order valence-corrected chi connectivity index (χ0v) is 11.8. The van der Waals surface area contributed by atoms with Crippen molar-refractivity contribution in [1.82, 2.24) is 10.2 Å². The fraction of sp³-hybridized carbons (Fsp3) is 1.00. The van der Waals surface area contributed by atoms with Crippen LogP contribution in [0, 0.1) is 11.8 Å². The van der Waals surface area contributed by atoms with E-state index in [9.17, 15) is 0 Å². The zero-order valence-electron chi connectivity index (χ0n) is 11.0. The van der Waals surface area contributed by atoms with Gasteiger partial charge < -0.3 is 10.2 Å². The summed E-state index contributed by atoms with van der Waals surface area (Å²) in [5.74, 6) is 4.80. The average Bonchev–Trinajstić information content (AvgIpc) is 3.25. The molecule has 17 heavy (non-hydrogen) atoms. The van der Waals surface area contributed by atoms with Crippen LogP contribution < -0.4 is 5.32 Å². The highest BCUT2D eigenvalue weighted by Gasteiger charge is 2.40. The monoisotopic (exact) mass is 254 g/mol. The van der Waals surface area contributed by atoms with Crippen molar-refractivity contribution < 1.29 is 0 Å². The van der Waals surface area contributed by atoms with Crippen molar-refractivity contribution >= 4 is 11.8 Å². The van der Waals surface area contributed by atoms with Gasteiger partial charge in [-0.05, 0) is 56.7 Å². The molecule has 0 aromatic rings. The number of thioether (sulfide) groups is 1. The molecule has 0 aromatic heterocycles. The molecular weight excluding hydrogens is 228 g/mol. The Morgan fingerprint density at radius 2 is 1.88 bits per heavy atom. The molecule has 1 aliphatic heterocycles. The van der Waals surface area contributed by atoms with E-state index >= 15 is 0 Å². The van der Waals surface area contributed by atoms with Crippen LogP contribution in [0.25, 0.3) is 0 Å². The number of rotatable bonds is 7. The molecule has 1 unspecified atom stereocenters. The number of nitrogens with one attached hydrogen (secondary N) is 1. The predicted molar refractivity (Wildman–Crippen MR) is 75.6 cm³/mol. The molecule has 0 aromatic carbocycles. The first-order chi connectivity index (χ1) is 8.34. The first-order valence-electron chi connectivity index (χ1n) is 7.36. The van der Waals surface area contributed by atoms with E-state index in [4.69, 9.17) is 0 Å². The van der Waals surface area contributed by atoms with Gasteiger partial charge in [-0.15, -0.1) is 0 Å². The minimum Gasteiger partial charge on any atom is -0.312 e. The van der Waals surface area contributed by atoms with Gasteiger partial charge in [0.05, 0.1) is 0 Å². The minimum atomic E-state index is 0.849. The van der Waals surface area contributed by atoms with E-state index in [0.717, 1.165) is 23.9 Å². The second-order valence-electron chi connectivity index (χ2n) is 6.15. The lowest BCUT2D eigenvalue weighted by molar-refractivity contribution is 0.253. The van der Waals surface area contributed by atoms with Crippen molar-refractivity contribution in [2.24, 2.45) is 11.8 Å². The van der Waals surface area contributed by atoms with Crippen LogP contribution in [0.5, 0.6) is 0 Å². The van der Waals surface area contributed by atoms with Crippen molar-refractivity contribution in [2.75, 3.05) is 31.6 Å². The van der Waals surface area contributed by atoms with E-state index in [1.165, 1.54) is 56.7 Å². The Balaban J connectivity index is 1.35. The molecule has 0 bridgehead atoms. The Bertz CT molecular complexity index is 233. The van der Waals surface area contributed by atoms with Crippen LogP contribution in [0.15, 0.2) is 0 Å². The van der Waals surface area contributed by atoms with E-state index in [1.54, 1.807) is 0 Å². The van der Waals surface area contributed by atoms with E-state index in [-0.39, 0.29) is 0 Å². The summed E-state index contributed by atoms with van der Waals surface area (Å²) in [6.07, 6.45) is 7.36. The third-order valence-electron chi connectivity index (χ3n) is 4.63. The van der Waals surface area contributed by atoms with Crippen LogP contribution in [-0.4, -0.2) is 48.6 Å². The summed E-state index contributed by atoms with van der Waals surface area (Å²) in [6, 6.07) is 1.73. The Morgan fingerprint density at radius 1 is 1.18 bits per heavy atom. The van der Waals surface area contributed by atoms with E-state index in [2.05, 4.69) is 29.0 Å². The summed E-state index contributed by atoms with van der Waals surface area (Å²) >= 11 is 2.12. The van der Waals surface area contributed by atoms with Gasteiger partial charge in [-0.1, -0.05) is 0 Å². The van der Waals surface area contributed by atoms with Crippen LogP contribution in [0.4, 0.5) is 0 Å². The third-order valence-corrected chi connectivity index (χ3v) is 5.78. The molecule has 1 heterocycles. The van der Waals surface area contributed by atoms with E-state index in [0.29, 0.717) is 0 Å². The largest absolute Gasteiger partial charge is 0.312 e. The molecule has 1 saturated heterocycles. The maximum Gasteiger partial charge on any atom is 0.0191 e. The zero-order chi connectivity index (χ0) is 11.7. The average molecular weight is 254 g/mol. The molecule has 2 nitrogen and oxygen atoms in total. The fourth-order valence-corrected chi connectivity index (χ4v) is 4.39. The molecule has 0 radical (unpaired) electrons. The maximum atomic E-state index is 3.85. The Labute approximate surface area is 110 Å². The van der Waals surface area contributed by atoms with Gasteiger partial charge in [-0.25, -0.2) is 0 Å². The normalized spacial score (nSPS) is 29.5. The number of hydrogen-bond donors (Lipinski definition) is 1. The lowest BCUT2D eigenvalue weighted by atomic mass is 10.1. The molecular formula is C14H26N2S. The van der Waals surface area contributed by atoms with Gasteiger partial charge in [0.2, 0.25) is 0 Å². The van der Waals surface area contributed by atoms with Crippen LogP contribution in [0.3, 0.4) is 0 Å². The van der Waals surface area contributed by atoms with Gasteiger partial charge in [-0.2, -0.15) is 11.8 Å². The molecule has 2 aliphatic carbocycles.